The molecule has 2 aliphatic heterocycles. The van der Waals surface area contributed by atoms with Gasteiger partial charge in [-0.2, -0.15) is 0 Å². The molecule has 8 rings (SSSR count). The summed E-state index contributed by atoms with van der Waals surface area (Å²) in [5, 5.41) is 3.81. The highest BCUT2D eigenvalue weighted by Crippen LogP contribution is 2.68. The number of benzene rings is 3. The number of aryl methyl sites for hydroxylation is 1. The molecule has 228 valence electrons. The fourth-order valence-electron chi connectivity index (χ4n) is 8.10. The molecule has 1 aromatic heterocycles. The van der Waals surface area contributed by atoms with Crippen LogP contribution >= 0.6 is 39.0 Å². The molecular formula is C34H28BrN3O5S2. The third kappa shape index (κ3) is 4.78. The molecule has 7 atom stereocenters. The second kappa shape index (κ2) is 11.0. The second-order valence-electron chi connectivity index (χ2n) is 12.2. The minimum Gasteiger partial charge on any atom is -0.484 e. The highest BCUT2D eigenvalue weighted by Gasteiger charge is 2.69. The van der Waals surface area contributed by atoms with Crippen molar-refractivity contribution >= 4 is 68.1 Å². The fourth-order valence-corrected chi connectivity index (χ4v) is 11.3. The van der Waals surface area contributed by atoms with Crippen LogP contribution in [0.15, 0.2) is 87.1 Å². The largest absolute Gasteiger partial charge is 0.484 e. The van der Waals surface area contributed by atoms with Crippen LogP contribution in [0.1, 0.15) is 28.3 Å². The summed E-state index contributed by atoms with van der Waals surface area (Å²) in [5.41, 5.74) is 3.34. The first kappa shape index (κ1) is 28.8. The van der Waals surface area contributed by atoms with E-state index < -0.39 is 0 Å². The smallest absolute Gasteiger partial charge is 0.305 e. The number of hydrogen-bond donors (Lipinski definition) is 2. The lowest BCUT2D eigenvalue weighted by Gasteiger charge is -2.43. The van der Waals surface area contributed by atoms with Gasteiger partial charge in [-0.1, -0.05) is 51.5 Å². The average molecular weight is 703 g/mol. The van der Waals surface area contributed by atoms with E-state index in [2.05, 4.69) is 26.2 Å². The lowest BCUT2D eigenvalue weighted by atomic mass is 9.68. The number of imide groups is 1. The van der Waals surface area contributed by atoms with Gasteiger partial charge in [0.1, 0.15) is 5.75 Å². The number of anilines is 2. The molecule has 2 saturated carbocycles. The second-order valence-corrected chi connectivity index (χ2v) is 15.3. The highest BCUT2D eigenvalue weighted by molar-refractivity contribution is 9.10. The lowest BCUT2D eigenvalue weighted by Crippen LogP contribution is -2.42. The summed E-state index contributed by atoms with van der Waals surface area (Å²) in [7, 11) is 0. The first-order valence-corrected chi connectivity index (χ1v) is 17.4. The van der Waals surface area contributed by atoms with E-state index in [1.165, 1.54) is 16.2 Å². The summed E-state index contributed by atoms with van der Waals surface area (Å²) in [5.74, 6) is -0.684. The van der Waals surface area contributed by atoms with Gasteiger partial charge in [0.05, 0.1) is 22.5 Å². The van der Waals surface area contributed by atoms with Crippen LogP contribution in [0.4, 0.5) is 11.4 Å². The summed E-state index contributed by atoms with van der Waals surface area (Å²) in [6.45, 7) is 1.82. The molecule has 2 bridgehead atoms. The maximum absolute atomic E-state index is 14.0. The number of fused-ring (bicyclic) bond motifs is 9. The topological polar surface area (TPSA) is 109 Å². The molecule has 0 spiro atoms. The Hall–Kier alpha value is -3.67. The van der Waals surface area contributed by atoms with Gasteiger partial charge in [0.15, 0.2) is 6.61 Å². The predicted octanol–water partition coefficient (Wildman–Crippen LogP) is 6.20. The van der Waals surface area contributed by atoms with E-state index in [1.807, 2.05) is 79.7 Å². The molecule has 3 aromatic carbocycles. The van der Waals surface area contributed by atoms with Crippen molar-refractivity contribution in [2.75, 3.05) is 16.8 Å². The fraction of sp³-hybridized carbons (Fsp3) is 0.294. The minimum absolute atomic E-state index is 0.00873. The maximum Gasteiger partial charge on any atom is 0.305 e. The van der Waals surface area contributed by atoms with Crippen molar-refractivity contribution in [3.05, 3.63) is 103 Å². The van der Waals surface area contributed by atoms with Crippen molar-refractivity contribution in [3.63, 3.8) is 0 Å². The van der Waals surface area contributed by atoms with Crippen LogP contribution in [0.3, 0.4) is 0 Å². The number of ether oxygens (including phenoxy) is 1. The number of hydrogen-bond acceptors (Lipinski definition) is 7. The van der Waals surface area contributed by atoms with E-state index >= 15 is 0 Å². The van der Waals surface area contributed by atoms with Crippen molar-refractivity contribution < 1.29 is 19.1 Å². The molecule has 4 aliphatic rings. The van der Waals surface area contributed by atoms with Crippen LogP contribution in [0, 0.1) is 36.5 Å². The van der Waals surface area contributed by atoms with Gasteiger partial charge in [0.2, 0.25) is 11.8 Å². The molecule has 3 heterocycles. The van der Waals surface area contributed by atoms with Gasteiger partial charge in [-0.05, 0) is 90.8 Å². The van der Waals surface area contributed by atoms with E-state index in [1.54, 1.807) is 11.8 Å². The molecule has 6 unspecified atom stereocenters. The third-order valence-corrected chi connectivity index (χ3v) is 12.8. The Morgan fingerprint density at radius 3 is 2.53 bits per heavy atom. The maximum atomic E-state index is 14.0. The summed E-state index contributed by atoms with van der Waals surface area (Å²) < 4.78 is 6.83. The zero-order chi connectivity index (χ0) is 31.0. The number of H-pyrrole nitrogens is 1. The van der Waals surface area contributed by atoms with E-state index in [0.717, 1.165) is 31.9 Å². The molecule has 1 saturated heterocycles. The number of thioether (sulfide) groups is 1. The van der Waals surface area contributed by atoms with Crippen LogP contribution in [-0.2, 0) is 14.4 Å². The van der Waals surface area contributed by atoms with Gasteiger partial charge in [-0.15, -0.1) is 11.8 Å². The standard InChI is InChI=1S/C34H28BrN3O5S2/c1-16-4-2-6-19(12-16)36-24(39)15-43-21-7-3-5-17(13-21)25-26-22-14-23(29(26)44-31-30(25)45-34(42)37-31)28-27(22)32(40)38(33(28)41)20-10-8-18(35)9-11-20/h2-13,22-23,25-29H,14-15H2,1H3,(H,36,39)(H,37,42)/t22?,23?,25-,26?,27?,28?,29?/m1/s1. The van der Waals surface area contributed by atoms with Crippen LogP contribution in [0.2, 0.25) is 0 Å². The number of rotatable bonds is 6. The molecule has 0 radical (unpaired) electrons. The molecule has 11 heteroatoms. The molecule has 2 N–H and O–H groups in total. The Bertz CT molecular complexity index is 1920. The number of amides is 3. The van der Waals surface area contributed by atoms with Crippen molar-refractivity contribution in [1.82, 2.24) is 4.98 Å². The molecule has 45 heavy (non-hydrogen) atoms. The van der Waals surface area contributed by atoms with Crippen LogP contribution < -0.4 is 19.8 Å². The minimum atomic E-state index is -0.377. The van der Waals surface area contributed by atoms with Crippen molar-refractivity contribution in [1.29, 1.82) is 0 Å². The Labute approximate surface area is 275 Å². The Morgan fingerprint density at radius 2 is 1.76 bits per heavy atom. The number of aromatic nitrogens is 1. The first-order chi connectivity index (χ1) is 21.8. The number of thiazole rings is 1. The normalized spacial score (nSPS) is 27.7. The van der Waals surface area contributed by atoms with Gasteiger partial charge in [-0.3, -0.25) is 24.1 Å². The SMILES string of the molecule is Cc1cccc(NC(=O)COc2cccc([C@H]3c4sc(=O)[nH]c4SC4C5CC(C6C(=O)N(c7ccc(Br)cc7)C(=O)C56)C43)c2)c1. The zero-order valence-corrected chi connectivity index (χ0v) is 27.3. The quantitative estimate of drug-likeness (QED) is 0.232. The highest BCUT2D eigenvalue weighted by atomic mass is 79.9. The number of nitrogens with zero attached hydrogens (tertiary/aromatic N) is 1. The van der Waals surface area contributed by atoms with Crippen molar-refractivity contribution in [2.24, 2.45) is 29.6 Å². The van der Waals surface area contributed by atoms with E-state index in [4.69, 9.17) is 4.74 Å². The Morgan fingerprint density at radius 1 is 1.00 bits per heavy atom. The van der Waals surface area contributed by atoms with E-state index in [-0.39, 0.29) is 70.0 Å². The average Bonchev–Trinajstić information content (AvgIpc) is 3.75. The van der Waals surface area contributed by atoms with Crippen molar-refractivity contribution in [2.45, 2.75) is 29.5 Å². The molecule has 3 amide bonds. The Balaban J connectivity index is 1.09. The number of halogens is 1. The number of aromatic amines is 1. The van der Waals surface area contributed by atoms with Gasteiger partial charge in [-0.25, -0.2) is 0 Å². The predicted molar refractivity (Wildman–Crippen MR) is 177 cm³/mol. The molecule has 4 aromatic rings. The van der Waals surface area contributed by atoms with Gasteiger partial charge in [0.25, 0.3) is 5.91 Å². The van der Waals surface area contributed by atoms with Crippen LogP contribution in [-0.4, -0.2) is 34.6 Å². The number of carbonyl (C=O) groups excluding carboxylic acids is 3. The Kier molecular flexibility index (Phi) is 7.03. The first-order valence-electron chi connectivity index (χ1n) is 14.9. The number of carbonyl (C=O) groups is 3. The van der Waals surface area contributed by atoms with Crippen LogP contribution in [0.25, 0.3) is 0 Å². The summed E-state index contributed by atoms with van der Waals surface area (Å²) >= 11 is 6.32. The summed E-state index contributed by atoms with van der Waals surface area (Å²) in [6.07, 6.45) is 0.814. The molecule has 3 fully saturated rings. The van der Waals surface area contributed by atoms with Gasteiger partial charge < -0.3 is 15.0 Å². The molecule has 2 aliphatic carbocycles. The summed E-state index contributed by atoms with van der Waals surface area (Å²) in [6, 6.07) is 22.6. The van der Waals surface area contributed by atoms with Crippen LogP contribution in [0.5, 0.6) is 5.75 Å². The number of nitrogens with one attached hydrogen (secondary N) is 2. The van der Waals surface area contributed by atoms with E-state index in [9.17, 15) is 19.2 Å². The zero-order valence-electron chi connectivity index (χ0n) is 24.1. The van der Waals surface area contributed by atoms with Gasteiger partial charge >= 0.3 is 4.87 Å². The summed E-state index contributed by atoms with van der Waals surface area (Å²) in [4.78, 5) is 58.4. The van der Waals surface area contributed by atoms with Gasteiger partial charge in [0, 0.05) is 26.2 Å². The third-order valence-electron chi connectivity index (χ3n) is 9.70. The van der Waals surface area contributed by atoms with Crippen molar-refractivity contribution in [3.8, 4) is 5.75 Å². The molecule has 8 nitrogen and oxygen atoms in total. The molecular weight excluding hydrogens is 674 g/mol. The lowest BCUT2D eigenvalue weighted by molar-refractivity contribution is -0.123. The van der Waals surface area contributed by atoms with E-state index in [0.29, 0.717) is 17.1 Å². The monoisotopic (exact) mass is 701 g/mol.